The Labute approximate surface area is 185 Å². The Bertz CT molecular complexity index is 917. The van der Waals surface area contributed by atoms with Crippen LogP contribution in [0.4, 0.5) is 0 Å². The van der Waals surface area contributed by atoms with Crippen LogP contribution in [0.2, 0.25) is 0 Å². The maximum atomic E-state index is 12.2. The van der Waals surface area contributed by atoms with Crippen LogP contribution in [0.5, 0.6) is 0 Å². The van der Waals surface area contributed by atoms with Gasteiger partial charge < -0.3 is 15.2 Å². The second-order valence-corrected chi connectivity index (χ2v) is 9.22. The predicted octanol–water partition coefficient (Wildman–Crippen LogP) is 3.13. The van der Waals surface area contributed by atoms with Gasteiger partial charge in [-0.1, -0.05) is 17.7 Å². The van der Waals surface area contributed by atoms with E-state index in [9.17, 15) is 9.59 Å². The lowest BCUT2D eigenvalue weighted by Crippen LogP contribution is -2.63. The molecule has 0 radical (unpaired) electrons. The number of nitrogens with zero attached hydrogens (tertiary/aromatic N) is 2. The highest BCUT2D eigenvalue weighted by molar-refractivity contribution is 5.96. The molecule has 1 aliphatic carbocycles. The molecule has 2 fully saturated rings. The second kappa shape index (κ2) is 9.27. The summed E-state index contributed by atoms with van der Waals surface area (Å²) in [5.41, 5.74) is 4.34. The number of aromatic nitrogens is 1. The van der Waals surface area contributed by atoms with E-state index in [0.29, 0.717) is 17.6 Å². The van der Waals surface area contributed by atoms with Crippen molar-refractivity contribution in [2.24, 2.45) is 0 Å². The zero-order valence-electron chi connectivity index (χ0n) is 18.9. The predicted molar refractivity (Wildman–Crippen MR) is 122 cm³/mol. The molecule has 6 heteroatoms. The van der Waals surface area contributed by atoms with Crippen LogP contribution in [-0.2, 0) is 4.79 Å². The smallest absolute Gasteiger partial charge is 0.251 e. The van der Waals surface area contributed by atoms with E-state index in [1.165, 1.54) is 37.1 Å². The average Bonchev–Trinajstić information content (AvgIpc) is 3.07. The maximum Gasteiger partial charge on any atom is 0.251 e. The van der Waals surface area contributed by atoms with Crippen LogP contribution in [0.15, 0.2) is 36.4 Å². The van der Waals surface area contributed by atoms with Crippen molar-refractivity contribution in [2.45, 2.75) is 64.6 Å². The second-order valence-electron chi connectivity index (χ2n) is 9.22. The third-order valence-corrected chi connectivity index (χ3v) is 6.84. The molecule has 2 aromatic rings. The van der Waals surface area contributed by atoms with Gasteiger partial charge in [-0.2, -0.15) is 0 Å². The minimum absolute atomic E-state index is 0.0178. The molecule has 166 valence electrons. The summed E-state index contributed by atoms with van der Waals surface area (Å²) in [6.45, 7) is 8.18. The number of hydrogen-bond donors (Lipinski definition) is 2. The van der Waals surface area contributed by atoms with Crippen LogP contribution in [0.25, 0.3) is 0 Å². The topological polar surface area (TPSA) is 66.4 Å². The van der Waals surface area contributed by atoms with Gasteiger partial charge in [0.25, 0.3) is 5.91 Å². The van der Waals surface area contributed by atoms with Gasteiger partial charge in [-0.3, -0.25) is 14.5 Å². The highest BCUT2D eigenvalue weighted by Crippen LogP contribution is 2.34. The lowest BCUT2D eigenvalue weighted by atomic mass is 9.87. The fraction of sp³-hybridized carbons (Fsp3) is 0.520. The molecular weight excluding hydrogens is 388 g/mol. The monoisotopic (exact) mass is 422 g/mol. The highest BCUT2D eigenvalue weighted by Gasteiger charge is 2.35. The Morgan fingerprint density at radius 1 is 0.935 bits per heavy atom. The molecule has 0 spiro atoms. The maximum absolute atomic E-state index is 12.2. The summed E-state index contributed by atoms with van der Waals surface area (Å²) in [5.74, 6) is -0.327. The van der Waals surface area contributed by atoms with Crippen molar-refractivity contribution >= 4 is 11.8 Å². The molecule has 2 N–H and O–H groups in total. The number of nitrogens with one attached hydrogen (secondary N) is 2. The lowest BCUT2D eigenvalue weighted by molar-refractivity contribution is -0.122. The van der Waals surface area contributed by atoms with E-state index >= 15 is 0 Å². The summed E-state index contributed by atoms with van der Waals surface area (Å²) in [6.07, 6.45) is 4.88. The zero-order valence-corrected chi connectivity index (χ0v) is 18.9. The van der Waals surface area contributed by atoms with Gasteiger partial charge in [-0.05, 0) is 70.7 Å². The molecule has 1 aliphatic heterocycles. The van der Waals surface area contributed by atoms with Gasteiger partial charge in [-0.15, -0.1) is 0 Å². The normalized spacial score (nSPS) is 22.0. The molecule has 2 amide bonds. The molecule has 2 heterocycles. The van der Waals surface area contributed by atoms with Crippen LogP contribution < -0.4 is 10.6 Å². The first-order valence-electron chi connectivity index (χ1n) is 11.4. The zero-order chi connectivity index (χ0) is 22.0. The molecule has 1 saturated heterocycles. The number of carbonyl (C=O) groups is 2. The SMILES string of the molecule is Cc1cccc(C(=O)NCC(=O)NC2CN(C3CCC(n4c(C)ccc4C)CC3)C2)c1. The number of carbonyl (C=O) groups excluding carboxylic acids is 2. The van der Waals surface area contributed by atoms with Gasteiger partial charge >= 0.3 is 0 Å². The number of likely N-dealkylation sites (tertiary alicyclic amines) is 1. The van der Waals surface area contributed by atoms with Crippen LogP contribution in [0.3, 0.4) is 0 Å². The standard InChI is InChI=1S/C25H34N4O2/c1-17-5-4-6-20(13-17)25(31)26-14-24(30)27-21-15-28(16-21)22-9-11-23(12-10-22)29-18(2)7-8-19(29)3/h4-8,13,21-23H,9-12,14-16H2,1-3H3,(H,26,31)(H,27,30). The minimum atomic E-state index is -0.209. The molecule has 0 atom stereocenters. The first kappa shape index (κ1) is 21.6. The van der Waals surface area contributed by atoms with Crippen molar-refractivity contribution in [2.75, 3.05) is 19.6 Å². The van der Waals surface area contributed by atoms with Crippen molar-refractivity contribution in [3.8, 4) is 0 Å². The van der Waals surface area contributed by atoms with Crippen molar-refractivity contribution in [1.82, 2.24) is 20.1 Å². The van der Waals surface area contributed by atoms with Gasteiger partial charge in [0.05, 0.1) is 12.6 Å². The Morgan fingerprint density at radius 2 is 1.58 bits per heavy atom. The van der Waals surface area contributed by atoms with E-state index in [0.717, 1.165) is 18.7 Å². The Morgan fingerprint density at radius 3 is 2.23 bits per heavy atom. The largest absolute Gasteiger partial charge is 0.349 e. The fourth-order valence-corrected chi connectivity index (χ4v) is 5.17. The average molecular weight is 423 g/mol. The highest BCUT2D eigenvalue weighted by atomic mass is 16.2. The number of hydrogen-bond acceptors (Lipinski definition) is 3. The molecule has 0 unspecified atom stereocenters. The van der Waals surface area contributed by atoms with Crippen LogP contribution in [-0.4, -0.2) is 53.0 Å². The third-order valence-electron chi connectivity index (χ3n) is 6.84. The molecule has 1 aromatic heterocycles. The van der Waals surface area contributed by atoms with E-state index in [2.05, 4.69) is 46.1 Å². The quantitative estimate of drug-likeness (QED) is 0.752. The molecule has 1 saturated carbocycles. The van der Waals surface area contributed by atoms with E-state index in [1.807, 2.05) is 25.1 Å². The van der Waals surface area contributed by atoms with Crippen molar-refractivity contribution in [3.05, 3.63) is 58.9 Å². The Hall–Kier alpha value is -2.60. The summed E-state index contributed by atoms with van der Waals surface area (Å²) >= 11 is 0. The minimum Gasteiger partial charge on any atom is -0.349 e. The van der Waals surface area contributed by atoms with E-state index in [-0.39, 0.29) is 24.4 Å². The van der Waals surface area contributed by atoms with Crippen molar-refractivity contribution in [3.63, 3.8) is 0 Å². The van der Waals surface area contributed by atoms with Gasteiger partial charge in [0.2, 0.25) is 5.91 Å². The van der Waals surface area contributed by atoms with Gasteiger partial charge in [0, 0.05) is 42.1 Å². The first-order valence-corrected chi connectivity index (χ1v) is 11.4. The molecule has 4 rings (SSSR count). The van der Waals surface area contributed by atoms with Crippen LogP contribution >= 0.6 is 0 Å². The molecule has 1 aromatic carbocycles. The van der Waals surface area contributed by atoms with Crippen molar-refractivity contribution < 1.29 is 9.59 Å². The number of benzene rings is 1. The third kappa shape index (κ3) is 5.01. The Kier molecular flexibility index (Phi) is 6.46. The number of rotatable bonds is 6. The summed E-state index contributed by atoms with van der Waals surface area (Å²) in [5, 5.41) is 5.76. The molecule has 2 aliphatic rings. The van der Waals surface area contributed by atoms with Gasteiger partial charge in [-0.25, -0.2) is 0 Å². The van der Waals surface area contributed by atoms with E-state index in [1.54, 1.807) is 6.07 Å². The molecular formula is C25H34N4O2. The number of amides is 2. The first-order chi connectivity index (χ1) is 14.9. The summed E-state index contributed by atoms with van der Waals surface area (Å²) in [6, 6.07) is 13.3. The van der Waals surface area contributed by atoms with E-state index < -0.39 is 0 Å². The van der Waals surface area contributed by atoms with Crippen LogP contribution in [0.1, 0.15) is 59.0 Å². The van der Waals surface area contributed by atoms with Crippen LogP contribution in [0, 0.1) is 20.8 Å². The van der Waals surface area contributed by atoms with Crippen molar-refractivity contribution in [1.29, 1.82) is 0 Å². The Balaban J connectivity index is 1.16. The lowest BCUT2D eigenvalue weighted by Gasteiger charge is -2.47. The molecule has 31 heavy (non-hydrogen) atoms. The molecule has 0 bridgehead atoms. The van der Waals surface area contributed by atoms with Gasteiger partial charge in [0.1, 0.15) is 0 Å². The molecule has 6 nitrogen and oxygen atoms in total. The van der Waals surface area contributed by atoms with E-state index in [4.69, 9.17) is 0 Å². The summed E-state index contributed by atoms with van der Waals surface area (Å²) < 4.78 is 2.50. The van der Waals surface area contributed by atoms with Gasteiger partial charge in [0.15, 0.2) is 0 Å². The summed E-state index contributed by atoms with van der Waals surface area (Å²) in [4.78, 5) is 26.9. The fourth-order valence-electron chi connectivity index (χ4n) is 5.17. The summed E-state index contributed by atoms with van der Waals surface area (Å²) in [7, 11) is 0. The number of aryl methyl sites for hydroxylation is 3.